The van der Waals surface area contributed by atoms with Crippen molar-refractivity contribution in [2.45, 2.75) is 12.8 Å². The summed E-state index contributed by atoms with van der Waals surface area (Å²) < 4.78 is 34.8. The van der Waals surface area contributed by atoms with E-state index in [0.717, 1.165) is 6.07 Å². The molecule has 0 fully saturated rings. The number of carboxylic acid groups (broad SMARTS) is 1. The van der Waals surface area contributed by atoms with Gasteiger partial charge in [-0.3, -0.25) is 4.79 Å². The van der Waals surface area contributed by atoms with Gasteiger partial charge in [-0.2, -0.15) is 0 Å². The van der Waals surface area contributed by atoms with Crippen LogP contribution in [0.15, 0.2) is 6.07 Å². The highest BCUT2D eigenvalue weighted by Crippen LogP contribution is 2.33. The lowest BCUT2D eigenvalue weighted by molar-refractivity contribution is -0.136. The van der Waals surface area contributed by atoms with Crippen molar-refractivity contribution in [3.05, 3.63) is 17.5 Å². The summed E-state index contributed by atoms with van der Waals surface area (Å²) in [5, 5.41) is 8.66. The maximum absolute atomic E-state index is 12.5. The van der Waals surface area contributed by atoms with Gasteiger partial charge in [-0.25, -0.2) is 13.8 Å². The number of nitrogens with zero attached hydrogens (tertiary/aromatic N) is 1. The Hall–Kier alpha value is -1.92. The molecule has 0 aliphatic rings. The smallest absolute Gasteiger partial charge is 0.309 e. The second-order valence-corrected chi connectivity index (χ2v) is 3.10. The molecular weight excluding hydrogens is 236 g/mol. The monoisotopic (exact) mass is 247 g/mol. The van der Waals surface area contributed by atoms with Crippen LogP contribution in [0.2, 0.25) is 0 Å². The van der Waals surface area contributed by atoms with Gasteiger partial charge in [-0.05, 0) is 0 Å². The Morgan fingerprint density at radius 2 is 2.12 bits per heavy atom. The molecule has 0 saturated heterocycles. The lowest BCUT2D eigenvalue weighted by Gasteiger charge is -2.12. The molecule has 1 heterocycles. The van der Waals surface area contributed by atoms with Gasteiger partial charge in [0.15, 0.2) is 11.5 Å². The first kappa shape index (κ1) is 13.1. The maximum atomic E-state index is 12.5. The Morgan fingerprint density at radius 1 is 1.47 bits per heavy atom. The molecule has 0 aliphatic carbocycles. The first-order valence-corrected chi connectivity index (χ1v) is 4.61. The van der Waals surface area contributed by atoms with Gasteiger partial charge >= 0.3 is 5.97 Å². The van der Waals surface area contributed by atoms with Gasteiger partial charge in [0.05, 0.1) is 26.3 Å². The second kappa shape index (κ2) is 5.42. The molecule has 0 amide bonds. The normalized spacial score (nSPS) is 10.4. The van der Waals surface area contributed by atoms with E-state index in [0.29, 0.717) is 0 Å². The third kappa shape index (κ3) is 3.02. The van der Waals surface area contributed by atoms with Crippen molar-refractivity contribution in [3.63, 3.8) is 0 Å². The maximum Gasteiger partial charge on any atom is 0.309 e. The van der Waals surface area contributed by atoms with Crippen LogP contribution >= 0.6 is 0 Å². The molecular formula is C10H11F2NO4. The summed E-state index contributed by atoms with van der Waals surface area (Å²) in [4.78, 5) is 14.1. The zero-order chi connectivity index (χ0) is 13.0. The molecule has 0 aliphatic heterocycles. The third-order valence-corrected chi connectivity index (χ3v) is 2.00. The highest BCUT2D eigenvalue weighted by Gasteiger charge is 2.20. The minimum atomic E-state index is -2.80. The fourth-order valence-electron chi connectivity index (χ4n) is 1.33. The number of rotatable bonds is 5. The fourth-order valence-corrected chi connectivity index (χ4v) is 1.33. The van der Waals surface area contributed by atoms with Gasteiger partial charge in [0.2, 0.25) is 0 Å². The number of carboxylic acids is 1. The van der Waals surface area contributed by atoms with Gasteiger partial charge in [-0.1, -0.05) is 0 Å². The molecule has 0 aromatic carbocycles. The number of aliphatic carboxylic acids is 1. The highest BCUT2D eigenvalue weighted by molar-refractivity contribution is 5.71. The first-order valence-electron chi connectivity index (χ1n) is 4.61. The summed E-state index contributed by atoms with van der Waals surface area (Å²) in [5.74, 6) is -1.10. The van der Waals surface area contributed by atoms with Gasteiger partial charge < -0.3 is 14.6 Å². The summed E-state index contributed by atoms with van der Waals surface area (Å²) in [6.07, 6.45) is -3.32. The molecule has 0 saturated carbocycles. The van der Waals surface area contributed by atoms with Crippen molar-refractivity contribution in [2.24, 2.45) is 0 Å². The van der Waals surface area contributed by atoms with Crippen LogP contribution in [0.1, 0.15) is 17.8 Å². The Morgan fingerprint density at radius 3 is 2.53 bits per heavy atom. The van der Waals surface area contributed by atoms with Gasteiger partial charge in [0.25, 0.3) is 6.43 Å². The third-order valence-electron chi connectivity index (χ3n) is 2.00. The number of pyridine rings is 1. The molecule has 0 unspecified atom stereocenters. The standard InChI is InChI=1S/C10H11F2NO4/c1-16-7-3-6(10(11)12)13-5(4-8(14)15)9(7)17-2/h3,10H,4H2,1-2H3,(H,14,15). The highest BCUT2D eigenvalue weighted by atomic mass is 19.3. The Balaban J connectivity index is 3.31. The Bertz CT molecular complexity index is 423. The van der Waals surface area contributed by atoms with Crippen molar-refractivity contribution in [3.8, 4) is 11.5 Å². The van der Waals surface area contributed by atoms with Crippen molar-refractivity contribution >= 4 is 5.97 Å². The molecule has 1 rings (SSSR count). The van der Waals surface area contributed by atoms with Crippen molar-refractivity contribution in [2.75, 3.05) is 14.2 Å². The van der Waals surface area contributed by atoms with Crippen LogP contribution in [0, 0.1) is 0 Å². The molecule has 0 bridgehead atoms. The SMILES string of the molecule is COc1cc(C(F)F)nc(CC(=O)O)c1OC. The molecule has 1 N–H and O–H groups in total. The summed E-state index contributed by atoms with van der Waals surface area (Å²) in [7, 11) is 2.56. The van der Waals surface area contributed by atoms with Crippen LogP contribution < -0.4 is 9.47 Å². The number of ether oxygens (including phenoxy) is 2. The fraction of sp³-hybridized carbons (Fsp3) is 0.400. The van der Waals surface area contributed by atoms with E-state index in [1.54, 1.807) is 0 Å². The number of carbonyl (C=O) groups is 1. The van der Waals surface area contributed by atoms with E-state index >= 15 is 0 Å². The van der Waals surface area contributed by atoms with Gasteiger partial charge in [-0.15, -0.1) is 0 Å². The lowest BCUT2D eigenvalue weighted by atomic mass is 10.2. The van der Waals surface area contributed by atoms with Crippen molar-refractivity contribution in [1.29, 1.82) is 0 Å². The van der Waals surface area contributed by atoms with Crippen LogP contribution in [0.3, 0.4) is 0 Å². The van der Waals surface area contributed by atoms with Crippen LogP contribution in [0.25, 0.3) is 0 Å². The molecule has 0 radical (unpaired) electrons. The van der Waals surface area contributed by atoms with E-state index in [2.05, 4.69) is 4.98 Å². The molecule has 94 valence electrons. The van der Waals surface area contributed by atoms with E-state index in [9.17, 15) is 13.6 Å². The van der Waals surface area contributed by atoms with Crippen LogP contribution in [-0.4, -0.2) is 30.3 Å². The predicted octanol–water partition coefficient (Wildman–Crippen LogP) is 1.66. The average molecular weight is 247 g/mol. The average Bonchev–Trinajstić information content (AvgIpc) is 2.26. The first-order chi connectivity index (χ1) is 7.99. The summed E-state index contributed by atoms with van der Waals surface area (Å²) >= 11 is 0. The molecule has 1 aromatic rings. The van der Waals surface area contributed by atoms with Gasteiger partial charge in [0.1, 0.15) is 5.69 Å². The second-order valence-electron chi connectivity index (χ2n) is 3.10. The number of methoxy groups -OCH3 is 2. The summed E-state index contributed by atoms with van der Waals surface area (Å²) in [6, 6.07) is 1.02. The topological polar surface area (TPSA) is 68.7 Å². The molecule has 5 nitrogen and oxygen atoms in total. The van der Waals surface area contributed by atoms with Crippen LogP contribution in [0.5, 0.6) is 11.5 Å². The number of aromatic nitrogens is 1. The molecule has 7 heteroatoms. The zero-order valence-corrected chi connectivity index (χ0v) is 9.24. The van der Waals surface area contributed by atoms with E-state index < -0.39 is 24.5 Å². The van der Waals surface area contributed by atoms with E-state index in [1.165, 1.54) is 14.2 Å². The molecule has 17 heavy (non-hydrogen) atoms. The largest absolute Gasteiger partial charge is 0.493 e. The Kier molecular flexibility index (Phi) is 4.19. The minimum absolute atomic E-state index is 0.0362. The number of hydrogen-bond donors (Lipinski definition) is 1. The van der Waals surface area contributed by atoms with E-state index in [4.69, 9.17) is 14.6 Å². The van der Waals surface area contributed by atoms with E-state index in [1.807, 2.05) is 0 Å². The van der Waals surface area contributed by atoms with Crippen LogP contribution in [-0.2, 0) is 11.2 Å². The summed E-state index contributed by atoms with van der Waals surface area (Å²) in [5.41, 5.74) is -0.631. The molecule has 0 spiro atoms. The lowest BCUT2D eigenvalue weighted by Crippen LogP contribution is -2.08. The zero-order valence-electron chi connectivity index (χ0n) is 9.24. The molecule has 0 atom stereocenters. The quantitative estimate of drug-likeness (QED) is 0.857. The Labute approximate surface area is 96.0 Å². The predicted molar refractivity (Wildman–Crippen MR) is 53.6 cm³/mol. The van der Waals surface area contributed by atoms with Crippen molar-refractivity contribution in [1.82, 2.24) is 4.98 Å². The van der Waals surface area contributed by atoms with Gasteiger partial charge in [0, 0.05) is 6.07 Å². The number of hydrogen-bond acceptors (Lipinski definition) is 4. The van der Waals surface area contributed by atoms with Crippen LogP contribution in [0.4, 0.5) is 8.78 Å². The van der Waals surface area contributed by atoms with E-state index in [-0.39, 0.29) is 17.2 Å². The number of halogens is 2. The minimum Gasteiger partial charge on any atom is -0.493 e. The van der Waals surface area contributed by atoms with Crippen molar-refractivity contribution < 1.29 is 28.2 Å². The molecule has 1 aromatic heterocycles. The number of alkyl halides is 2. The summed E-state index contributed by atoms with van der Waals surface area (Å²) in [6.45, 7) is 0.